The van der Waals surface area contributed by atoms with Gasteiger partial charge in [-0.25, -0.2) is 24.6 Å². The molecule has 8 aromatic rings. The van der Waals surface area contributed by atoms with Crippen LogP contribution in [0.3, 0.4) is 0 Å². The summed E-state index contributed by atoms with van der Waals surface area (Å²) in [5.41, 5.74) is 3.98. The molecule has 0 atom stereocenters. The monoisotopic (exact) mass is 822 g/mol. The maximum absolute atomic E-state index is 11.0. The normalized spacial score (nSPS) is 10.5. The van der Waals surface area contributed by atoms with E-state index in [1.165, 1.54) is 41.6 Å². The molecule has 0 fully saturated rings. The Morgan fingerprint density at radius 2 is 1.20 bits per heavy atom. The van der Waals surface area contributed by atoms with Gasteiger partial charge in [0.1, 0.15) is 24.0 Å². The molecule has 300 valence electrons. The quantitative estimate of drug-likeness (QED) is 0.0968. The summed E-state index contributed by atoms with van der Waals surface area (Å²) >= 11 is 5.48. The molecule has 23 heteroatoms. The highest BCUT2D eigenvalue weighted by atomic mass is 35.5. The second-order valence-corrected chi connectivity index (χ2v) is 12.0. The van der Waals surface area contributed by atoms with E-state index in [0.717, 1.165) is 10.9 Å². The van der Waals surface area contributed by atoms with Gasteiger partial charge in [0, 0.05) is 53.1 Å². The summed E-state index contributed by atoms with van der Waals surface area (Å²) in [4.78, 5) is 37.4. The maximum atomic E-state index is 11.0. The van der Waals surface area contributed by atoms with Crippen molar-refractivity contribution in [1.82, 2.24) is 60.8 Å². The van der Waals surface area contributed by atoms with Crippen molar-refractivity contribution in [3.63, 3.8) is 0 Å². The van der Waals surface area contributed by atoms with Crippen LogP contribution in [0.4, 0.5) is 11.4 Å². The van der Waals surface area contributed by atoms with Crippen LogP contribution < -0.4 is 18.9 Å². The largest absolute Gasteiger partial charge is 0.493 e. The van der Waals surface area contributed by atoms with Crippen LogP contribution >= 0.6 is 11.6 Å². The molecular formula is C36H31ClN14O8. The Hall–Kier alpha value is -8.01. The van der Waals surface area contributed by atoms with Crippen LogP contribution in [0.1, 0.15) is 11.1 Å². The second kappa shape index (κ2) is 18.8. The van der Waals surface area contributed by atoms with E-state index in [2.05, 4.69) is 56.1 Å². The number of aromatic nitrogens is 12. The Kier molecular flexibility index (Phi) is 12.9. The number of non-ortho nitro benzene ring substituents is 2. The van der Waals surface area contributed by atoms with Crippen LogP contribution in [0.15, 0.2) is 85.5 Å². The van der Waals surface area contributed by atoms with Gasteiger partial charge in [-0.3, -0.25) is 20.2 Å². The van der Waals surface area contributed by atoms with Crippen molar-refractivity contribution in [3.05, 3.63) is 117 Å². The van der Waals surface area contributed by atoms with Gasteiger partial charge in [-0.2, -0.15) is 5.21 Å². The minimum Gasteiger partial charge on any atom is -0.493 e. The number of methoxy groups -OCH3 is 4. The highest BCUT2D eigenvalue weighted by Crippen LogP contribution is 2.35. The third kappa shape index (κ3) is 9.35. The lowest BCUT2D eigenvalue weighted by atomic mass is 10.1. The molecule has 0 aliphatic carbocycles. The number of tetrazole rings is 2. The van der Waals surface area contributed by atoms with Gasteiger partial charge in [-0.15, -0.1) is 26.9 Å². The summed E-state index contributed by atoms with van der Waals surface area (Å²) in [6.45, 7) is 0.239. The number of nitrogens with one attached hydrogen (secondary N) is 1. The fraction of sp³-hybridized carbons (Fsp3) is 0.167. The summed E-state index contributed by atoms with van der Waals surface area (Å²) in [5.74, 6) is 3.37. The molecular weight excluding hydrogens is 792 g/mol. The first-order valence-corrected chi connectivity index (χ1v) is 17.5. The number of nitro benzene ring substituents is 2. The van der Waals surface area contributed by atoms with E-state index in [0.29, 0.717) is 73.9 Å². The molecule has 0 aliphatic rings. The Morgan fingerprint density at radius 3 is 1.73 bits per heavy atom. The van der Waals surface area contributed by atoms with Crippen molar-refractivity contribution >= 4 is 44.8 Å². The van der Waals surface area contributed by atoms with Crippen LogP contribution in [0.25, 0.3) is 44.8 Å². The number of halogens is 1. The molecule has 4 heterocycles. The Bertz CT molecular complexity index is 2740. The third-order valence-corrected chi connectivity index (χ3v) is 8.62. The van der Waals surface area contributed by atoms with Gasteiger partial charge < -0.3 is 18.9 Å². The molecule has 22 nitrogen and oxygen atoms in total. The van der Waals surface area contributed by atoms with Gasteiger partial charge in [0.25, 0.3) is 11.4 Å². The fourth-order valence-electron chi connectivity index (χ4n) is 5.56. The molecule has 0 amide bonds. The molecule has 0 radical (unpaired) electrons. The minimum atomic E-state index is -0.443. The first-order chi connectivity index (χ1) is 28.7. The first-order valence-electron chi connectivity index (χ1n) is 16.9. The Labute approximate surface area is 337 Å². The molecule has 1 N–H and O–H groups in total. The zero-order valence-corrected chi connectivity index (χ0v) is 32.2. The van der Waals surface area contributed by atoms with Crippen LogP contribution in [0.2, 0.25) is 0 Å². The summed E-state index contributed by atoms with van der Waals surface area (Å²) < 4.78 is 22.7. The van der Waals surface area contributed by atoms with Gasteiger partial charge >= 0.3 is 0 Å². The summed E-state index contributed by atoms with van der Waals surface area (Å²) in [6, 6.07) is 19.7. The second-order valence-electron chi connectivity index (χ2n) is 11.8. The summed E-state index contributed by atoms with van der Waals surface area (Å²) in [6.07, 6.45) is 2.86. The molecule has 0 spiro atoms. The zero-order chi connectivity index (χ0) is 41.9. The molecule has 0 saturated heterocycles. The third-order valence-electron chi connectivity index (χ3n) is 8.31. The van der Waals surface area contributed by atoms with Crippen LogP contribution in [0, 0.1) is 20.2 Å². The van der Waals surface area contributed by atoms with Crippen molar-refractivity contribution in [1.29, 1.82) is 0 Å². The topological polar surface area (TPSA) is 273 Å². The predicted octanol–water partition coefficient (Wildman–Crippen LogP) is 5.42. The molecule has 59 heavy (non-hydrogen) atoms. The molecule has 0 saturated carbocycles. The van der Waals surface area contributed by atoms with Gasteiger partial charge in [-0.1, -0.05) is 24.3 Å². The number of alkyl halides is 1. The van der Waals surface area contributed by atoms with E-state index < -0.39 is 9.85 Å². The summed E-state index contributed by atoms with van der Waals surface area (Å²) in [7, 11) is 6.23. The lowest BCUT2D eigenvalue weighted by Crippen LogP contribution is -2.06. The number of benzene rings is 4. The smallest absolute Gasteiger partial charge is 0.269 e. The summed E-state index contributed by atoms with van der Waals surface area (Å²) in [5, 5.41) is 48.3. The van der Waals surface area contributed by atoms with Crippen LogP contribution in [-0.4, -0.2) is 99.1 Å². The lowest BCUT2D eigenvalue weighted by Gasteiger charge is -2.11. The molecule has 4 aromatic heterocycles. The van der Waals surface area contributed by atoms with Gasteiger partial charge in [-0.05, 0) is 38.9 Å². The van der Waals surface area contributed by atoms with E-state index in [9.17, 15) is 20.2 Å². The number of aromatic amines is 1. The van der Waals surface area contributed by atoms with Crippen molar-refractivity contribution < 1.29 is 28.8 Å². The van der Waals surface area contributed by atoms with Gasteiger partial charge in [0.15, 0.2) is 23.0 Å². The van der Waals surface area contributed by atoms with Crippen LogP contribution in [0.5, 0.6) is 23.0 Å². The average molecular weight is 823 g/mol. The highest BCUT2D eigenvalue weighted by molar-refractivity contribution is 6.17. The average Bonchev–Trinajstić information content (AvgIpc) is 3.98. The van der Waals surface area contributed by atoms with Crippen molar-refractivity contribution in [3.8, 4) is 46.0 Å². The molecule has 0 unspecified atom stereocenters. The van der Waals surface area contributed by atoms with E-state index in [1.807, 2.05) is 0 Å². The predicted molar refractivity (Wildman–Crippen MR) is 210 cm³/mol. The van der Waals surface area contributed by atoms with Gasteiger partial charge in [0.2, 0.25) is 11.6 Å². The number of nitrogens with zero attached hydrogens (tertiary/aromatic N) is 13. The Balaban J connectivity index is 0.000000166. The highest BCUT2D eigenvalue weighted by Gasteiger charge is 2.19. The lowest BCUT2D eigenvalue weighted by molar-refractivity contribution is -0.385. The first kappa shape index (κ1) is 40.6. The SMILES string of the molecule is COc1cc2ncnc(-c3nn[nH]n3)c2cc1OC.COc1cc2ncnc(-c3nnnn3Cc3cccc([N+](=O)[O-])c3)c2cc1OC.O=[N+]([O-])c1cccc(CCl)c1. The number of ether oxygens (including phenoxy) is 4. The van der Waals surface area contributed by atoms with Gasteiger partial charge in [0.05, 0.1) is 55.9 Å². The maximum Gasteiger partial charge on any atom is 0.269 e. The number of hydrogen-bond acceptors (Lipinski definition) is 18. The van der Waals surface area contributed by atoms with E-state index in [-0.39, 0.29) is 17.9 Å². The standard InChI is InChI=1S/C18H15N7O4.C11H10N6O2.C7H6ClNO2/c1-28-15-7-13-14(8-16(15)29-2)19-10-20-17(13)18-21-22-23-24(18)9-11-4-3-5-12(6-11)25(26)27;1-18-8-3-6-7(4-9(8)19-2)12-5-13-10(6)11-14-16-17-15-11;8-5-6-2-1-3-7(4-6)9(10)11/h3-8,10H,9H2,1-2H3;3-5H,1-2H3,(H,14,15,16,17);1-4H,5H2. The van der Waals surface area contributed by atoms with E-state index >= 15 is 0 Å². The number of rotatable bonds is 11. The molecule has 8 rings (SSSR count). The molecule has 4 aromatic carbocycles. The van der Waals surface area contributed by atoms with E-state index in [4.69, 9.17) is 30.5 Å². The molecule has 0 bridgehead atoms. The Morgan fingerprint density at radius 1 is 0.678 bits per heavy atom. The van der Waals surface area contributed by atoms with Crippen LogP contribution in [-0.2, 0) is 12.4 Å². The minimum absolute atomic E-state index is 0.00133. The van der Waals surface area contributed by atoms with E-state index in [1.54, 1.807) is 77.0 Å². The number of hydrogen-bond donors (Lipinski definition) is 1. The van der Waals surface area contributed by atoms with Crippen molar-refractivity contribution in [2.75, 3.05) is 28.4 Å². The number of fused-ring (bicyclic) bond motifs is 2. The number of H-pyrrole nitrogens is 1. The van der Waals surface area contributed by atoms with Crippen molar-refractivity contribution in [2.24, 2.45) is 0 Å². The zero-order valence-electron chi connectivity index (χ0n) is 31.5. The fourth-order valence-corrected chi connectivity index (χ4v) is 5.73. The van der Waals surface area contributed by atoms with Crippen molar-refractivity contribution in [2.45, 2.75) is 12.4 Å². The molecule has 0 aliphatic heterocycles. The number of nitro groups is 2.